The highest BCUT2D eigenvalue weighted by Crippen LogP contribution is 2.19. The molecule has 0 bridgehead atoms. The van der Waals surface area contributed by atoms with Gasteiger partial charge in [0.2, 0.25) is 0 Å². The summed E-state index contributed by atoms with van der Waals surface area (Å²) in [5.74, 6) is 1.92. The van der Waals surface area contributed by atoms with E-state index in [-0.39, 0.29) is 5.91 Å². The highest BCUT2D eigenvalue weighted by Gasteiger charge is 2.11. The smallest absolute Gasteiger partial charge is 0.261 e. The second-order valence-corrected chi connectivity index (χ2v) is 8.34. The Morgan fingerprint density at radius 1 is 1.15 bits per heavy atom. The third-order valence-electron chi connectivity index (χ3n) is 4.77. The Bertz CT molecular complexity index is 852. The number of aryl methyl sites for hydroxylation is 2. The lowest BCUT2D eigenvalue weighted by atomic mass is 10.1. The first kappa shape index (κ1) is 19.6. The number of rotatable bonds is 10. The van der Waals surface area contributed by atoms with Crippen molar-refractivity contribution < 1.29 is 4.79 Å². The molecule has 0 saturated carbocycles. The second kappa shape index (κ2) is 9.70. The summed E-state index contributed by atoms with van der Waals surface area (Å²) in [6.07, 6.45) is 5.36. The zero-order valence-electron chi connectivity index (χ0n) is 16.3. The van der Waals surface area contributed by atoms with E-state index in [1.807, 2.05) is 17.5 Å². The van der Waals surface area contributed by atoms with Gasteiger partial charge in [-0.25, -0.2) is 4.98 Å². The summed E-state index contributed by atoms with van der Waals surface area (Å²) in [5, 5.41) is 4.93. The van der Waals surface area contributed by atoms with Gasteiger partial charge in [0, 0.05) is 19.5 Å². The first-order chi connectivity index (χ1) is 13.1. The van der Waals surface area contributed by atoms with Gasteiger partial charge in [-0.1, -0.05) is 38.5 Å². The van der Waals surface area contributed by atoms with E-state index in [0.29, 0.717) is 5.92 Å². The highest BCUT2D eigenvalue weighted by molar-refractivity contribution is 7.12. The molecule has 1 N–H and O–H groups in total. The van der Waals surface area contributed by atoms with Crippen LogP contribution >= 0.6 is 11.3 Å². The zero-order valence-corrected chi connectivity index (χ0v) is 17.1. The van der Waals surface area contributed by atoms with Crippen molar-refractivity contribution in [1.82, 2.24) is 14.9 Å². The van der Waals surface area contributed by atoms with E-state index in [0.717, 1.165) is 49.2 Å². The van der Waals surface area contributed by atoms with Crippen molar-refractivity contribution in [2.45, 2.75) is 52.5 Å². The fourth-order valence-corrected chi connectivity index (χ4v) is 3.87. The van der Waals surface area contributed by atoms with Crippen LogP contribution in [-0.2, 0) is 13.0 Å². The van der Waals surface area contributed by atoms with Gasteiger partial charge in [0.25, 0.3) is 5.91 Å². The molecule has 3 rings (SSSR count). The molecule has 2 heterocycles. The molecule has 0 spiro atoms. The maximum atomic E-state index is 11.9. The molecular formula is C22H29N3OS. The van der Waals surface area contributed by atoms with Crippen LogP contribution in [0.4, 0.5) is 0 Å². The maximum Gasteiger partial charge on any atom is 0.261 e. The lowest BCUT2D eigenvalue weighted by Crippen LogP contribution is -2.23. The van der Waals surface area contributed by atoms with Gasteiger partial charge in [0.05, 0.1) is 15.9 Å². The number of para-hydroxylation sites is 2. The third-order valence-corrected chi connectivity index (χ3v) is 5.64. The predicted octanol–water partition coefficient (Wildman–Crippen LogP) is 5.29. The number of nitrogens with one attached hydrogen (secondary N) is 1. The Kier molecular flexibility index (Phi) is 7.04. The number of hydrogen-bond donors (Lipinski definition) is 1. The number of carbonyl (C=O) groups excluding carboxylic acids is 1. The molecule has 144 valence electrons. The summed E-state index contributed by atoms with van der Waals surface area (Å²) in [6.45, 7) is 6.30. The van der Waals surface area contributed by atoms with Crippen LogP contribution in [0.1, 0.15) is 55.0 Å². The molecule has 0 aliphatic rings. The molecule has 2 aromatic heterocycles. The van der Waals surface area contributed by atoms with Crippen LogP contribution in [-0.4, -0.2) is 22.0 Å². The molecule has 27 heavy (non-hydrogen) atoms. The van der Waals surface area contributed by atoms with Gasteiger partial charge in [-0.05, 0) is 48.8 Å². The Labute approximate surface area is 165 Å². The highest BCUT2D eigenvalue weighted by atomic mass is 32.1. The van der Waals surface area contributed by atoms with Crippen LogP contribution in [0.2, 0.25) is 0 Å². The molecular weight excluding hydrogens is 354 g/mol. The normalized spacial score (nSPS) is 11.4. The van der Waals surface area contributed by atoms with Gasteiger partial charge in [0.1, 0.15) is 5.82 Å². The molecule has 0 atom stereocenters. The summed E-state index contributed by atoms with van der Waals surface area (Å²) in [5.41, 5.74) is 2.34. The van der Waals surface area contributed by atoms with Gasteiger partial charge < -0.3 is 9.88 Å². The lowest BCUT2D eigenvalue weighted by molar-refractivity contribution is 0.0957. The minimum absolute atomic E-state index is 0.0421. The Hall–Kier alpha value is -2.14. The molecule has 0 fully saturated rings. The van der Waals surface area contributed by atoms with Gasteiger partial charge in [0.15, 0.2) is 0 Å². The van der Waals surface area contributed by atoms with Crippen molar-refractivity contribution in [3.63, 3.8) is 0 Å². The number of aromatic nitrogens is 2. The van der Waals surface area contributed by atoms with E-state index in [4.69, 9.17) is 4.98 Å². The van der Waals surface area contributed by atoms with Gasteiger partial charge >= 0.3 is 0 Å². The summed E-state index contributed by atoms with van der Waals surface area (Å²) in [7, 11) is 0. The quantitative estimate of drug-likeness (QED) is 0.484. The SMILES string of the molecule is CC(C)CCn1c(CCCCCNC(=O)c2cccs2)nc2ccccc21. The number of nitrogens with zero attached hydrogens (tertiary/aromatic N) is 2. The molecule has 0 saturated heterocycles. The van der Waals surface area contributed by atoms with Crippen LogP contribution in [0.15, 0.2) is 41.8 Å². The number of imidazole rings is 1. The van der Waals surface area contributed by atoms with E-state index >= 15 is 0 Å². The topological polar surface area (TPSA) is 46.9 Å². The number of carbonyl (C=O) groups is 1. The van der Waals surface area contributed by atoms with Crippen molar-refractivity contribution in [2.24, 2.45) is 5.92 Å². The van der Waals surface area contributed by atoms with Crippen molar-refractivity contribution >= 4 is 28.3 Å². The molecule has 3 aromatic rings. The minimum Gasteiger partial charge on any atom is -0.351 e. The van der Waals surface area contributed by atoms with E-state index in [9.17, 15) is 4.79 Å². The van der Waals surface area contributed by atoms with Crippen LogP contribution < -0.4 is 5.32 Å². The number of fused-ring (bicyclic) bond motifs is 1. The summed E-state index contributed by atoms with van der Waals surface area (Å²) in [6, 6.07) is 12.2. The van der Waals surface area contributed by atoms with Crippen molar-refractivity contribution in [3.8, 4) is 0 Å². The maximum absolute atomic E-state index is 11.9. The first-order valence-electron chi connectivity index (χ1n) is 9.91. The Balaban J connectivity index is 1.48. The standard InChI is InChI=1S/C22H29N3OS/c1-17(2)13-15-25-19-10-6-5-9-18(19)24-21(25)12-4-3-7-14-23-22(26)20-11-8-16-27-20/h5-6,8-11,16-17H,3-4,7,12-15H2,1-2H3,(H,23,26). The van der Waals surface area contributed by atoms with Crippen molar-refractivity contribution in [3.05, 3.63) is 52.5 Å². The van der Waals surface area contributed by atoms with E-state index in [1.54, 1.807) is 0 Å². The predicted molar refractivity (Wildman–Crippen MR) is 113 cm³/mol. The number of benzene rings is 1. The minimum atomic E-state index is 0.0421. The molecule has 4 nitrogen and oxygen atoms in total. The van der Waals surface area contributed by atoms with Crippen LogP contribution in [0, 0.1) is 5.92 Å². The molecule has 1 amide bonds. The monoisotopic (exact) mass is 383 g/mol. The summed E-state index contributed by atoms with van der Waals surface area (Å²) in [4.78, 5) is 17.6. The molecule has 0 radical (unpaired) electrons. The number of unbranched alkanes of at least 4 members (excludes halogenated alkanes) is 2. The molecule has 1 aromatic carbocycles. The number of amides is 1. The number of hydrogen-bond acceptors (Lipinski definition) is 3. The molecule has 0 unspecified atom stereocenters. The fraction of sp³-hybridized carbons (Fsp3) is 0.455. The molecule has 0 aliphatic heterocycles. The van der Waals surface area contributed by atoms with Crippen LogP contribution in [0.25, 0.3) is 11.0 Å². The van der Waals surface area contributed by atoms with Crippen molar-refractivity contribution in [1.29, 1.82) is 0 Å². The van der Waals surface area contributed by atoms with Gasteiger partial charge in [-0.15, -0.1) is 11.3 Å². The molecule has 0 aliphatic carbocycles. The van der Waals surface area contributed by atoms with Gasteiger partial charge in [-0.3, -0.25) is 4.79 Å². The fourth-order valence-electron chi connectivity index (χ4n) is 3.23. The van der Waals surface area contributed by atoms with Gasteiger partial charge in [-0.2, -0.15) is 0 Å². The Morgan fingerprint density at radius 3 is 2.78 bits per heavy atom. The second-order valence-electron chi connectivity index (χ2n) is 7.39. The van der Waals surface area contributed by atoms with Crippen molar-refractivity contribution in [2.75, 3.05) is 6.54 Å². The van der Waals surface area contributed by atoms with E-state index in [2.05, 4.69) is 48.0 Å². The largest absolute Gasteiger partial charge is 0.351 e. The summed E-state index contributed by atoms with van der Waals surface area (Å²) >= 11 is 1.48. The van der Waals surface area contributed by atoms with E-state index in [1.165, 1.54) is 29.1 Å². The average molecular weight is 384 g/mol. The average Bonchev–Trinajstić information content (AvgIpc) is 3.30. The number of thiophene rings is 1. The van der Waals surface area contributed by atoms with E-state index < -0.39 is 0 Å². The summed E-state index contributed by atoms with van der Waals surface area (Å²) < 4.78 is 2.40. The van der Waals surface area contributed by atoms with Crippen LogP contribution in [0.5, 0.6) is 0 Å². The van der Waals surface area contributed by atoms with Crippen LogP contribution in [0.3, 0.4) is 0 Å². The zero-order chi connectivity index (χ0) is 19.1. The third kappa shape index (κ3) is 5.42. The Morgan fingerprint density at radius 2 is 2.00 bits per heavy atom. The first-order valence-corrected chi connectivity index (χ1v) is 10.8. The lowest BCUT2D eigenvalue weighted by Gasteiger charge is -2.11. The molecule has 5 heteroatoms.